The lowest BCUT2D eigenvalue weighted by Crippen LogP contribution is -2.43. The first-order chi connectivity index (χ1) is 8.28. The summed E-state index contributed by atoms with van der Waals surface area (Å²) in [5, 5.41) is 0.251. The molecular weight excluding hydrogens is 254 g/mol. The largest absolute Gasteiger partial charge is 0.467 e. The number of likely N-dealkylation sites (tertiary alicyclic amines) is 1. The molecule has 0 unspecified atom stereocenters. The van der Waals surface area contributed by atoms with Gasteiger partial charge in [0, 0.05) is 11.8 Å². The van der Waals surface area contributed by atoms with Crippen LogP contribution in [0.2, 0.25) is 0 Å². The molecule has 104 valence electrons. The Labute approximate surface area is 112 Å². The van der Waals surface area contributed by atoms with Gasteiger partial charge in [-0.05, 0) is 33.4 Å². The second-order valence-corrected chi connectivity index (χ2v) is 6.40. The summed E-state index contributed by atoms with van der Waals surface area (Å²) >= 11 is 1.65. The highest BCUT2D eigenvalue weighted by molar-refractivity contribution is 7.99. The van der Waals surface area contributed by atoms with E-state index in [1.807, 2.05) is 6.26 Å². The fourth-order valence-electron chi connectivity index (χ4n) is 1.85. The van der Waals surface area contributed by atoms with Crippen molar-refractivity contribution in [2.75, 3.05) is 19.9 Å². The average molecular weight is 275 g/mol. The Morgan fingerprint density at radius 1 is 1.33 bits per heavy atom. The SMILES string of the molecule is COC(=O)[C@@H]1C[C@H](SC)CN1C(=O)OC(C)(C)C. The van der Waals surface area contributed by atoms with Gasteiger partial charge < -0.3 is 9.47 Å². The van der Waals surface area contributed by atoms with Crippen molar-refractivity contribution in [2.45, 2.75) is 44.1 Å². The Morgan fingerprint density at radius 2 is 1.94 bits per heavy atom. The molecule has 0 aromatic carbocycles. The van der Waals surface area contributed by atoms with Gasteiger partial charge in [-0.1, -0.05) is 0 Å². The highest BCUT2D eigenvalue weighted by atomic mass is 32.2. The normalized spacial score (nSPS) is 23.9. The molecule has 1 rings (SSSR count). The van der Waals surface area contributed by atoms with E-state index in [2.05, 4.69) is 0 Å². The van der Waals surface area contributed by atoms with Crippen LogP contribution in [-0.2, 0) is 14.3 Å². The van der Waals surface area contributed by atoms with Crippen LogP contribution in [0.5, 0.6) is 0 Å². The van der Waals surface area contributed by atoms with Crippen molar-refractivity contribution in [3.05, 3.63) is 0 Å². The van der Waals surface area contributed by atoms with Gasteiger partial charge in [0.05, 0.1) is 7.11 Å². The number of carbonyl (C=O) groups is 2. The Kier molecular flexibility index (Phi) is 4.90. The minimum atomic E-state index is -0.560. The summed E-state index contributed by atoms with van der Waals surface area (Å²) < 4.78 is 10.0. The molecule has 0 bridgehead atoms. The number of rotatable bonds is 2. The van der Waals surface area contributed by atoms with E-state index in [-0.39, 0.29) is 11.2 Å². The third-order valence-corrected chi connectivity index (χ3v) is 3.71. The third-order valence-electron chi connectivity index (χ3n) is 2.70. The van der Waals surface area contributed by atoms with Crippen LogP contribution in [-0.4, -0.2) is 53.8 Å². The first-order valence-corrected chi connectivity index (χ1v) is 7.17. The number of thioether (sulfide) groups is 1. The molecule has 1 aliphatic heterocycles. The molecule has 5 nitrogen and oxygen atoms in total. The van der Waals surface area contributed by atoms with Crippen molar-refractivity contribution in [3.8, 4) is 0 Å². The topological polar surface area (TPSA) is 55.8 Å². The van der Waals surface area contributed by atoms with Crippen LogP contribution in [0, 0.1) is 0 Å². The average Bonchev–Trinajstić information content (AvgIpc) is 2.69. The van der Waals surface area contributed by atoms with Crippen LogP contribution in [0.25, 0.3) is 0 Å². The first kappa shape index (κ1) is 15.1. The summed E-state index contributed by atoms with van der Waals surface area (Å²) in [7, 11) is 1.34. The van der Waals surface area contributed by atoms with E-state index in [0.29, 0.717) is 13.0 Å². The highest BCUT2D eigenvalue weighted by Gasteiger charge is 2.41. The van der Waals surface area contributed by atoms with Gasteiger partial charge in [0.1, 0.15) is 11.6 Å². The van der Waals surface area contributed by atoms with Crippen molar-refractivity contribution in [3.63, 3.8) is 0 Å². The molecule has 0 radical (unpaired) electrons. The van der Waals surface area contributed by atoms with Crippen molar-refractivity contribution < 1.29 is 19.1 Å². The van der Waals surface area contributed by atoms with Gasteiger partial charge >= 0.3 is 12.1 Å². The molecule has 1 fully saturated rings. The van der Waals surface area contributed by atoms with Gasteiger partial charge in [-0.15, -0.1) is 0 Å². The predicted octanol–water partition coefficient (Wildman–Crippen LogP) is 1.90. The number of carbonyl (C=O) groups excluding carboxylic acids is 2. The second-order valence-electron chi connectivity index (χ2n) is 5.27. The lowest BCUT2D eigenvalue weighted by Gasteiger charge is -2.27. The summed E-state index contributed by atoms with van der Waals surface area (Å²) in [5.74, 6) is -0.377. The Bertz CT molecular complexity index is 327. The quantitative estimate of drug-likeness (QED) is 0.720. The van der Waals surface area contributed by atoms with Crippen LogP contribution in [0.3, 0.4) is 0 Å². The number of methoxy groups -OCH3 is 1. The van der Waals surface area contributed by atoms with Crippen LogP contribution >= 0.6 is 11.8 Å². The van der Waals surface area contributed by atoms with Crippen molar-refractivity contribution in [2.24, 2.45) is 0 Å². The van der Waals surface area contributed by atoms with Gasteiger partial charge in [-0.2, -0.15) is 11.8 Å². The summed E-state index contributed by atoms with van der Waals surface area (Å²) in [6.07, 6.45) is 2.14. The zero-order valence-electron chi connectivity index (χ0n) is 11.6. The van der Waals surface area contributed by atoms with E-state index in [1.165, 1.54) is 12.0 Å². The molecule has 0 N–H and O–H groups in total. The Morgan fingerprint density at radius 3 is 2.39 bits per heavy atom. The monoisotopic (exact) mass is 275 g/mol. The number of hydrogen-bond donors (Lipinski definition) is 0. The zero-order chi connectivity index (χ0) is 13.9. The number of ether oxygens (including phenoxy) is 2. The van der Waals surface area contributed by atoms with Crippen molar-refractivity contribution >= 4 is 23.8 Å². The van der Waals surface area contributed by atoms with E-state index in [4.69, 9.17) is 9.47 Å². The zero-order valence-corrected chi connectivity index (χ0v) is 12.4. The Hall–Kier alpha value is -0.910. The minimum Gasteiger partial charge on any atom is -0.467 e. The van der Waals surface area contributed by atoms with Crippen LogP contribution in [0.4, 0.5) is 4.79 Å². The summed E-state index contributed by atoms with van der Waals surface area (Å²) in [6, 6.07) is -0.526. The van der Waals surface area contributed by atoms with E-state index in [1.54, 1.807) is 32.5 Å². The first-order valence-electron chi connectivity index (χ1n) is 5.88. The lowest BCUT2D eigenvalue weighted by molar-refractivity contribution is -0.145. The smallest absolute Gasteiger partial charge is 0.411 e. The maximum absolute atomic E-state index is 12.0. The molecule has 1 saturated heterocycles. The molecule has 0 aromatic heterocycles. The summed E-state index contributed by atoms with van der Waals surface area (Å²) in [5.41, 5.74) is -0.560. The van der Waals surface area contributed by atoms with Crippen LogP contribution in [0.15, 0.2) is 0 Å². The van der Waals surface area contributed by atoms with Gasteiger partial charge in [-0.25, -0.2) is 9.59 Å². The highest BCUT2D eigenvalue weighted by Crippen LogP contribution is 2.28. The van der Waals surface area contributed by atoms with Crippen molar-refractivity contribution in [1.82, 2.24) is 4.90 Å². The van der Waals surface area contributed by atoms with E-state index in [0.717, 1.165) is 0 Å². The van der Waals surface area contributed by atoms with E-state index >= 15 is 0 Å². The van der Waals surface area contributed by atoms with Gasteiger partial charge in [0.25, 0.3) is 0 Å². The standard InChI is InChI=1S/C12H21NO4S/c1-12(2,3)17-11(15)13-7-8(18-5)6-9(13)10(14)16-4/h8-9H,6-7H2,1-5H3/t8-,9-/m0/s1. The van der Waals surface area contributed by atoms with E-state index in [9.17, 15) is 9.59 Å². The maximum Gasteiger partial charge on any atom is 0.411 e. The molecule has 0 spiro atoms. The molecule has 18 heavy (non-hydrogen) atoms. The van der Waals surface area contributed by atoms with Crippen molar-refractivity contribution in [1.29, 1.82) is 0 Å². The molecule has 6 heteroatoms. The lowest BCUT2D eigenvalue weighted by atomic mass is 10.2. The summed E-state index contributed by atoms with van der Waals surface area (Å²) in [6.45, 7) is 5.94. The molecular formula is C12H21NO4S. The van der Waals surface area contributed by atoms with Gasteiger partial charge in [0.2, 0.25) is 0 Å². The molecule has 0 aromatic rings. The number of esters is 1. The number of amides is 1. The molecule has 0 aliphatic carbocycles. The van der Waals surface area contributed by atoms with Gasteiger partial charge in [-0.3, -0.25) is 4.90 Å². The molecule has 2 atom stereocenters. The molecule has 0 saturated carbocycles. The molecule has 1 amide bonds. The van der Waals surface area contributed by atoms with Gasteiger partial charge in [0.15, 0.2) is 0 Å². The number of nitrogens with zero attached hydrogens (tertiary/aromatic N) is 1. The third kappa shape index (κ3) is 3.80. The molecule has 1 heterocycles. The molecule has 1 aliphatic rings. The van der Waals surface area contributed by atoms with Crippen LogP contribution < -0.4 is 0 Å². The Balaban J connectivity index is 2.77. The summed E-state index contributed by atoms with van der Waals surface area (Å²) in [4.78, 5) is 25.2. The maximum atomic E-state index is 12.0. The predicted molar refractivity (Wildman–Crippen MR) is 70.7 cm³/mol. The second kappa shape index (κ2) is 5.82. The minimum absolute atomic E-state index is 0.251. The fraction of sp³-hybridized carbons (Fsp3) is 0.833. The fourth-order valence-corrected chi connectivity index (χ4v) is 2.53. The van der Waals surface area contributed by atoms with E-state index < -0.39 is 17.7 Å². The number of hydrogen-bond acceptors (Lipinski definition) is 5. The van der Waals surface area contributed by atoms with Crippen LogP contribution in [0.1, 0.15) is 27.2 Å².